The van der Waals surface area contributed by atoms with Crippen LogP contribution in [-0.2, 0) is 0 Å². The monoisotopic (exact) mass is 214 g/mol. The number of hydrogen-bond acceptors (Lipinski definition) is 3. The highest BCUT2D eigenvalue weighted by Gasteiger charge is 2.06. The van der Waals surface area contributed by atoms with Gasteiger partial charge in [0.25, 0.3) is 0 Å². The van der Waals surface area contributed by atoms with Crippen LogP contribution in [0.2, 0.25) is 0 Å². The smallest absolute Gasteiger partial charge is 0.117 e. The molecular formula is C13H14N2O. The van der Waals surface area contributed by atoms with Crippen LogP contribution in [0.25, 0.3) is 10.9 Å². The lowest BCUT2D eigenvalue weighted by Gasteiger charge is -2.06. The number of rotatable bonds is 3. The molecule has 1 aromatic heterocycles. The largest absolute Gasteiger partial charge is 0.508 e. The first-order valence-electron chi connectivity index (χ1n) is 5.38. The highest BCUT2D eigenvalue weighted by atomic mass is 16.3. The second-order valence-corrected chi connectivity index (χ2v) is 3.79. The van der Waals surface area contributed by atoms with E-state index in [4.69, 9.17) is 5.41 Å². The highest BCUT2D eigenvalue weighted by molar-refractivity contribution is 6.08. The Hall–Kier alpha value is -1.90. The summed E-state index contributed by atoms with van der Waals surface area (Å²) in [5.41, 5.74) is 2.27. The van der Waals surface area contributed by atoms with Gasteiger partial charge in [-0.05, 0) is 24.6 Å². The number of aromatic hydroxyl groups is 1. The maximum absolute atomic E-state index is 9.37. The van der Waals surface area contributed by atoms with Crippen molar-refractivity contribution in [2.45, 2.75) is 19.8 Å². The van der Waals surface area contributed by atoms with Crippen LogP contribution in [-0.4, -0.2) is 15.8 Å². The predicted molar refractivity (Wildman–Crippen MR) is 65.1 cm³/mol. The molecule has 1 aromatic carbocycles. The molecule has 0 radical (unpaired) electrons. The van der Waals surface area contributed by atoms with Gasteiger partial charge in [-0.25, -0.2) is 0 Å². The molecule has 0 atom stereocenters. The minimum atomic E-state index is 0.208. The van der Waals surface area contributed by atoms with Gasteiger partial charge in [0.2, 0.25) is 0 Å². The zero-order valence-corrected chi connectivity index (χ0v) is 9.20. The van der Waals surface area contributed by atoms with Gasteiger partial charge >= 0.3 is 0 Å². The van der Waals surface area contributed by atoms with E-state index in [1.165, 1.54) is 0 Å². The molecule has 0 fully saturated rings. The van der Waals surface area contributed by atoms with E-state index in [9.17, 15) is 5.11 Å². The zero-order chi connectivity index (χ0) is 11.5. The SMILES string of the molecule is CCCC(=N)c1ccnc2cc(O)ccc12. The van der Waals surface area contributed by atoms with Crippen molar-refractivity contribution >= 4 is 16.6 Å². The van der Waals surface area contributed by atoms with Crippen molar-refractivity contribution in [3.63, 3.8) is 0 Å². The van der Waals surface area contributed by atoms with Crippen LogP contribution < -0.4 is 0 Å². The highest BCUT2D eigenvalue weighted by Crippen LogP contribution is 2.22. The molecule has 3 heteroatoms. The first kappa shape index (κ1) is 10.6. The fourth-order valence-corrected chi connectivity index (χ4v) is 1.78. The summed E-state index contributed by atoms with van der Waals surface area (Å²) in [6.07, 6.45) is 3.40. The third-order valence-electron chi connectivity index (χ3n) is 2.55. The standard InChI is InChI=1S/C13H14N2O/c1-2-3-12(14)10-6-7-15-13-8-9(16)4-5-11(10)13/h4-8,14,16H,2-3H2,1H3. The van der Waals surface area contributed by atoms with Gasteiger partial charge in [-0.1, -0.05) is 13.3 Å². The second-order valence-electron chi connectivity index (χ2n) is 3.79. The Labute approximate surface area is 94.3 Å². The summed E-state index contributed by atoms with van der Waals surface area (Å²) in [7, 11) is 0. The normalized spacial score (nSPS) is 10.6. The molecule has 3 nitrogen and oxygen atoms in total. The summed E-state index contributed by atoms with van der Waals surface area (Å²) in [4.78, 5) is 4.19. The Bertz CT molecular complexity index is 534. The van der Waals surface area contributed by atoms with Gasteiger partial charge in [-0.3, -0.25) is 4.98 Å². The van der Waals surface area contributed by atoms with Crippen LogP contribution in [0.5, 0.6) is 5.75 Å². The minimum absolute atomic E-state index is 0.208. The lowest BCUT2D eigenvalue weighted by atomic mass is 10.0. The van der Waals surface area contributed by atoms with E-state index in [0.717, 1.165) is 29.3 Å². The van der Waals surface area contributed by atoms with E-state index in [1.54, 1.807) is 18.3 Å². The van der Waals surface area contributed by atoms with Crippen LogP contribution in [0.1, 0.15) is 25.3 Å². The zero-order valence-electron chi connectivity index (χ0n) is 9.20. The number of hydrogen-bond donors (Lipinski definition) is 2. The second kappa shape index (κ2) is 4.31. The Balaban J connectivity index is 2.58. The number of pyridine rings is 1. The van der Waals surface area contributed by atoms with Crippen molar-refractivity contribution in [2.75, 3.05) is 0 Å². The van der Waals surface area contributed by atoms with E-state index in [0.29, 0.717) is 5.71 Å². The average Bonchev–Trinajstić information content (AvgIpc) is 2.28. The van der Waals surface area contributed by atoms with Gasteiger partial charge in [-0.2, -0.15) is 0 Å². The molecule has 0 saturated heterocycles. The molecule has 0 saturated carbocycles. The summed E-state index contributed by atoms with van der Waals surface area (Å²) in [6.45, 7) is 2.06. The first-order valence-corrected chi connectivity index (χ1v) is 5.38. The number of phenols is 1. The molecule has 0 unspecified atom stereocenters. The Morgan fingerprint density at radius 2 is 2.19 bits per heavy atom. The number of aromatic nitrogens is 1. The molecular weight excluding hydrogens is 200 g/mol. The first-order chi connectivity index (χ1) is 7.72. The van der Waals surface area contributed by atoms with E-state index in [-0.39, 0.29) is 5.75 Å². The van der Waals surface area contributed by atoms with Crippen LogP contribution in [0.4, 0.5) is 0 Å². The summed E-state index contributed by atoms with van der Waals surface area (Å²) in [6, 6.07) is 6.93. The van der Waals surface area contributed by atoms with Gasteiger partial charge in [-0.15, -0.1) is 0 Å². The molecule has 2 rings (SSSR count). The number of fused-ring (bicyclic) bond motifs is 1. The van der Waals surface area contributed by atoms with Crippen LogP contribution >= 0.6 is 0 Å². The van der Waals surface area contributed by atoms with Gasteiger partial charge in [0.05, 0.1) is 5.52 Å². The summed E-state index contributed by atoms with van der Waals surface area (Å²) in [5, 5.41) is 18.3. The number of benzene rings is 1. The van der Waals surface area contributed by atoms with Crippen molar-refractivity contribution in [1.29, 1.82) is 5.41 Å². The molecule has 82 valence electrons. The number of phenolic OH excluding ortho intramolecular Hbond substituents is 1. The van der Waals surface area contributed by atoms with Gasteiger partial charge in [0.15, 0.2) is 0 Å². The van der Waals surface area contributed by atoms with Gasteiger partial charge < -0.3 is 10.5 Å². The molecule has 0 spiro atoms. The Kier molecular flexibility index (Phi) is 2.86. The summed E-state index contributed by atoms with van der Waals surface area (Å²) < 4.78 is 0. The lowest BCUT2D eigenvalue weighted by molar-refractivity contribution is 0.476. The van der Waals surface area contributed by atoms with E-state index < -0.39 is 0 Å². The maximum Gasteiger partial charge on any atom is 0.117 e. The van der Waals surface area contributed by atoms with E-state index >= 15 is 0 Å². The maximum atomic E-state index is 9.37. The third-order valence-corrected chi connectivity index (χ3v) is 2.55. The van der Waals surface area contributed by atoms with Gasteiger partial charge in [0.1, 0.15) is 5.75 Å². The molecule has 0 aliphatic carbocycles. The van der Waals surface area contributed by atoms with Crippen molar-refractivity contribution in [1.82, 2.24) is 4.98 Å². The van der Waals surface area contributed by atoms with E-state index in [1.807, 2.05) is 12.1 Å². The molecule has 1 heterocycles. The Morgan fingerprint density at radius 1 is 1.38 bits per heavy atom. The molecule has 0 bridgehead atoms. The molecule has 2 aromatic rings. The number of nitrogens with one attached hydrogen (secondary N) is 1. The molecule has 16 heavy (non-hydrogen) atoms. The molecule has 2 N–H and O–H groups in total. The molecule has 0 aliphatic rings. The van der Waals surface area contributed by atoms with Crippen molar-refractivity contribution < 1.29 is 5.11 Å². The fourth-order valence-electron chi connectivity index (χ4n) is 1.78. The third kappa shape index (κ3) is 1.89. The Morgan fingerprint density at radius 3 is 2.94 bits per heavy atom. The van der Waals surface area contributed by atoms with Crippen molar-refractivity contribution in [3.8, 4) is 5.75 Å². The minimum Gasteiger partial charge on any atom is -0.508 e. The fraction of sp³-hybridized carbons (Fsp3) is 0.231. The molecule has 0 amide bonds. The molecule has 0 aliphatic heterocycles. The quantitative estimate of drug-likeness (QED) is 0.771. The van der Waals surface area contributed by atoms with Crippen molar-refractivity contribution in [2.24, 2.45) is 0 Å². The van der Waals surface area contributed by atoms with Crippen LogP contribution in [0, 0.1) is 5.41 Å². The van der Waals surface area contributed by atoms with Crippen LogP contribution in [0.15, 0.2) is 30.5 Å². The topological polar surface area (TPSA) is 57.0 Å². The summed E-state index contributed by atoms with van der Waals surface area (Å²) >= 11 is 0. The average molecular weight is 214 g/mol. The lowest BCUT2D eigenvalue weighted by Crippen LogP contribution is -1.99. The van der Waals surface area contributed by atoms with Crippen LogP contribution in [0.3, 0.4) is 0 Å². The number of nitrogens with zero attached hydrogens (tertiary/aromatic N) is 1. The van der Waals surface area contributed by atoms with Gasteiger partial charge in [0, 0.05) is 28.9 Å². The van der Waals surface area contributed by atoms with Crippen molar-refractivity contribution in [3.05, 3.63) is 36.0 Å². The van der Waals surface area contributed by atoms with E-state index in [2.05, 4.69) is 11.9 Å². The predicted octanol–water partition coefficient (Wildman–Crippen LogP) is 3.11. The summed E-state index contributed by atoms with van der Waals surface area (Å²) in [5.74, 6) is 0.208.